The fraction of sp³-hybridized carbons (Fsp3) is 0.250. The number of hydrogen-bond acceptors (Lipinski definition) is 1. The van der Waals surface area contributed by atoms with Crippen LogP contribution in [0.15, 0.2) is 12.1 Å². The van der Waals surface area contributed by atoms with E-state index in [4.69, 9.17) is 11.6 Å². The number of rotatable bonds is 3. The van der Waals surface area contributed by atoms with Crippen LogP contribution >= 0.6 is 11.6 Å². The predicted molar refractivity (Wildman–Crippen MR) is 42.5 cm³/mol. The Kier molecular flexibility index (Phi) is 3.57. The van der Waals surface area contributed by atoms with Crippen molar-refractivity contribution in [1.82, 2.24) is 0 Å². The lowest BCUT2D eigenvalue weighted by atomic mass is 10.2. The largest absolute Gasteiger partial charge is 0.431 e. The van der Waals surface area contributed by atoms with Crippen molar-refractivity contribution in [2.24, 2.45) is 0 Å². The summed E-state index contributed by atoms with van der Waals surface area (Å²) in [7, 11) is 0. The van der Waals surface area contributed by atoms with Crippen LogP contribution in [-0.4, -0.2) is 6.61 Å². The Morgan fingerprint density at radius 1 is 1.21 bits per heavy atom. The molecule has 0 aliphatic rings. The van der Waals surface area contributed by atoms with Gasteiger partial charge in [0.05, 0.1) is 5.88 Å². The predicted octanol–water partition coefficient (Wildman–Crippen LogP) is 3.31. The third-order valence-electron chi connectivity index (χ3n) is 1.50. The van der Waals surface area contributed by atoms with E-state index < -0.39 is 35.4 Å². The molecule has 0 heterocycles. The number of alkyl halides is 3. The first kappa shape index (κ1) is 11.1. The number of halogens is 5. The lowest BCUT2D eigenvalue weighted by molar-refractivity contribution is -0.0529. The maximum absolute atomic E-state index is 12.9. The summed E-state index contributed by atoms with van der Waals surface area (Å²) in [5, 5.41) is 0. The molecule has 0 atom stereocenters. The molecule has 1 aromatic rings. The van der Waals surface area contributed by atoms with Crippen LogP contribution in [0.25, 0.3) is 0 Å². The van der Waals surface area contributed by atoms with E-state index in [9.17, 15) is 17.6 Å². The summed E-state index contributed by atoms with van der Waals surface area (Å²) in [6, 6.07) is 1.49. The molecular weight excluding hydrogens is 224 g/mol. The van der Waals surface area contributed by atoms with Gasteiger partial charge in [-0.3, -0.25) is 0 Å². The lowest BCUT2D eigenvalue weighted by Crippen LogP contribution is -2.07. The molecule has 1 rings (SSSR count). The van der Waals surface area contributed by atoms with Gasteiger partial charge in [-0.05, 0) is 12.1 Å². The van der Waals surface area contributed by atoms with Crippen LogP contribution in [0.5, 0.6) is 5.75 Å². The van der Waals surface area contributed by atoms with Gasteiger partial charge in [-0.1, -0.05) is 0 Å². The molecule has 0 bridgehead atoms. The Bertz CT molecular complexity index is 329. The average Bonchev–Trinajstić information content (AvgIpc) is 2.11. The minimum Gasteiger partial charge on any atom is -0.431 e. The molecule has 0 aliphatic carbocycles. The van der Waals surface area contributed by atoms with Crippen LogP contribution in [-0.2, 0) is 5.88 Å². The van der Waals surface area contributed by atoms with Crippen molar-refractivity contribution in [2.45, 2.75) is 12.5 Å². The molecule has 0 aliphatic heterocycles. The summed E-state index contributed by atoms with van der Waals surface area (Å²) in [5.74, 6) is -3.22. The van der Waals surface area contributed by atoms with Crippen molar-refractivity contribution >= 4 is 11.6 Å². The molecule has 1 nitrogen and oxygen atoms in total. The Hall–Kier alpha value is -0.970. The third kappa shape index (κ3) is 2.29. The van der Waals surface area contributed by atoms with Gasteiger partial charge >= 0.3 is 6.61 Å². The normalized spacial score (nSPS) is 10.7. The highest BCUT2D eigenvalue weighted by molar-refractivity contribution is 6.17. The van der Waals surface area contributed by atoms with Crippen LogP contribution < -0.4 is 4.74 Å². The van der Waals surface area contributed by atoms with E-state index >= 15 is 0 Å². The molecule has 0 aromatic heterocycles. The van der Waals surface area contributed by atoms with Crippen molar-refractivity contribution in [2.75, 3.05) is 0 Å². The van der Waals surface area contributed by atoms with E-state index in [1.807, 2.05) is 0 Å². The van der Waals surface area contributed by atoms with E-state index in [1.54, 1.807) is 0 Å². The van der Waals surface area contributed by atoms with E-state index in [2.05, 4.69) is 4.74 Å². The first-order chi connectivity index (χ1) is 6.56. The quantitative estimate of drug-likeness (QED) is 0.570. The molecule has 78 valence electrons. The summed E-state index contributed by atoms with van der Waals surface area (Å²) >= 11 is 5.26. The highest BCUT2D eigenvalue weighted by Gasteiger charge is 2.17. The minimum atomic E-state index is -3.21. The average molecular weight is 229 g/mol. The smallest absolute Gasteiger partial charge is 0.387 e. The van der Waals surface area contributed by atoms with Gasteiger partial charge in [0.15, 0.2) is 11.6 Å². The van der Waals surface area contributed by atoms with Crippen molar-refractivity contribution in [1.29, 1.82) is 0 Å². The van der Waals surface area contributed by atoms with Gasteiger partial charge in [0.25, 0.3) is 0 Å². The van der Waals surface area contributed by atoms with Crippen LogP contribution in [0.2, 0.25) is 0 Å². The molecular formula is C8H5ClF4O. The van der Waals surface area contributed by atoms with E-state index in [1.165, 1.54) is 0 Å². The van der Waals surface area contributed by atoms with Gasteiger partial charge in [0.2, 0.25) is 0 Å². The zero-order chi connectivity index (χ0) is 10.7. The third-order valence-corrected chi connectivity index (χ3v) is 1.76. The second-order valence-electron chi connectivity index (χ2n) is 2.35. The van der Waals surface area contributed by atoms with Crippen molar-refractivity contribution in [3.63, 3.8) is 0 Å². The first-order valence-electron chi connectivity index (χ1n) is 3.54. The highest BCUT2D eigenvalue weighted by atomic mass is 35.5. The maximum atomic E-state index is 12.9. The van der Waals surface area contributed by atoms with E-state index in [-0.39, 0.29) is 0 Å². The number of benzene rings is 1. The van der Waals surface area contributed by atoms with Gasteiger partial charge in [-0.2, -0.15) is 8.78 Å². The van der Waals surface area contributed by atoms with Crippen LogP contribution in [0.4, 0.5) is 17.6 Å². The molecule has 0 radical (unpaired) electrons. The molecule has 0 amide bonds. The zero-order valence-electron chi connectivity index (χ0n) is 6.74. The Morgan fingerprint density at radius 3 is 2.29 bits per heavy atom. The number of ether oxygens (including phenoxy) is 1. The van der Waals surface area contributed by atoms with Gasteiger partial charge in [-0.25, -0.2) is 8.78 Å². The standard InChI is InChI=1S/C8H5ClF4O/c9-3-4-5(10)1-2-6(11)7(4)14-8(12)13/h1-2,8H,3H2. The fourth-order valence-corrected chi connectivity index (χ4v) is 1.17. The fourth-order valence-electron chi connectivity index (χ4n) is 0.916. The second-order valence-corrected chi connectivity index (χ2v) is 2.62. The summed E-state index contributed by atoms with van der Waals surface area (Å²) in [6.07, 6.45) is 0. The molecule has 0 saturated carbocycles. The molecule has 0 spiro atoms. The monoisotopic (exact) mass is 228 g/mol. The summed E-state index contributed by atoms with van der Waals surface area (Å²) in [5.41, 5.74) is -0.410. The minimum absolute atomic E-state index is 0.410. The molecule has 0 fully saturated rings. The second kappa shape index (κ2) is 4.50. The zero-order valence-corrected chi connectivity index (χ0v) is 7.49. The Labute approximate surface area is 82.2 Å². The van der Waals surface area contributed by atoms with Crippen molar-refractivity contribution in [3.8, 4) is 5.75 Å². The molecule has 0 unspecified atom stereocenters. The van der Waals surface area contributed by atoms with E-state index in [0.29, 0.717) is 6.07 Å². The summed E-state index contributed by atoms with van der Waals surface area (Å²) in [4.78, 5) is 0. The topological polar surface area (TPSA) is 9.23 Å². The molecule has 6 heteroatoms. The van der Waals surface area contributed by atoms with Crippen molar-refractivity contribution < 1.29 is 22.3 Å². The summed E-state index contributed by atoms with van der Waals surface area (Å²) < 4.78 is 53.2. The summed E-state index contributed by atoms with van der Waals surface area (Å²) in [6.45, 7) is -3.21. The highest BCUT2D eigenvalue weighted by Crippen LogP contribution is 2.28. The Balaban J connectivity index is 3.16. The first-order valence-corrected chi connectivity index (χ1v) is 4.07. The van der Waals surface area contributed by atoms with E-state index in [0.717, 1.165) is 6.07 Å². The van der Waals surface area contributed by atoms with Crippen LogP contribution in [0.3, 0.4) is 0 Å². The van der Waals surface area contributed by atoms with Gasteiger partial charge in [0, 0.05) is 5.56 Å². The van der Waals surface area contributed by atoms with Crippen LogP contribution in [0.1, 0.15) is 5.56 Å². The van der Waals surface area contributed by atoms with Gasteiger partial charge < -0.3 is 4.74 Å². The van der Waals surface area contributed by atoms with Gasteiger partial charge in [0.1, 0.15) is 5.82 Å². The molecule has 1 aromatic carbocycles. The SMILES string of the molecule is Fc1ccc(F)c(OC(F)F)c1CCl. The molecule has 0 saturated heterocycles. The maximum Gasteiger partial charge on any atom is 0.387 e. The Morgan fingerprint density at radius 2 is 1.79 bits per heavy atom. The van der Waals surface area contributed by atoms with Gasteiger partial charge in [-0.15, -0.1) is 11.6 Å². The molecule has 14 heavy (non-hydrogen) atoms. The van der Waals surface area contributed by atoms with Crippen LogP contribution in [0, 0.1) is 11.6 Å². The molecule has 0 N–H and O–H groups in total. The number of hydrogen-bond donors (Lipinski definition) is 0. The lowest BCUT2D eigenvalue weighted by Gasteiger charge is -2.10. The van der Waals surface area contributed by atoms with Crippen molar-refractivity contribution in [3.05, 3.63) is 29.3 Å².